The Morgan fingerprint density at radius 3 is 2.57 bits per heavy atom. The molecule has 0 spiro atoms. The minimum Gasteiger partial charge on any atom is -0.492 e. The third-order valence-corrected chi connectivity index (χ3v) is 4.89. The van der Waals surface area contributed by atoms with Crippen LogP contribution in [0.3, 0.4) is 0 Å². The Balaban J connectivity index is 1.61. The van der Waals surface area contributed by atoms with Crippen LogP contribution in [0.15, 0.2) is 53.0 Å². The van der Waals surface area contributed by atoms with Gasteiger partial charge >= 0.3 is 0 Å². The highest BCUT2D eigenvalue weighted by atomic mass is 79.9. The largest absolute Gasteiger partial charge is 0.492 e. The summed E-state index contributed by atoms with van der Waals surface area (Å²) in [5.74, 6) is -0.958. The number of ether oxygens (including phenoxy) is 1. The molecule has 7 nitrogen and oxygen atoms in total. The van der Waals surface area contributed by atoms with E-state index in [2.05, 4.69) is 26.8 Å². The van der Waals surface area contributed by atoms with Crippen molar-refractivity contribution < 1.29 is 19.1 Å². The van der Waals surface area contributed by atoms with E-state index in [9.17, 15) is 14.4 Å². The van der Waals surface area contributed by atoms with Gasteiger partial charge in [-0.25, -0.2) is 0 Å². The summed E-state index contributed by atoms with van der Waals surface area (Å²) in [5, 5.41) is 0. The van der Waals surface area contributed by atoms with Gasteiger partial charge < -0.3 is 9.64 Å². The Hall–Kier alpha value is -2.87. The lowest BCUT2D eigenvalue weighted by molar-refractivity contribution is -0.126. The zero-order chi connectivity index (χ0) is 20.1. The maximum atomic E-state index is 12.4. The van der Waals surface area contributed by atoms with Crippen LogP contribution in [0.1, 0.15) is 23.7 Å². The van der Waals surface area contributed by atoms with Gasteiger partial charge in [-0.3, -0.25) is 25.2 Å². The maximum Gasteiger partial charge on any atom is 0.269 e. The van der Waals surface area contributed by atoms with Gasteiger partial charge in [0.25, 0.3) is 5.91 Å². The minimum atomic E-state index is -0.563. The molecule has 3 amide bonds. The van der Waals surface area contributed by atoms with E-state index in [-0.39, 0.29) is 18.9 Å². The van der Waals surface area contributed by atoms with Crippen LogP contribution in [-0.2, 0) is 9.59 Å². The number of halogens is 1. The molecule has 146 valence electrons. The van der Waals surface area contributed by atoms with E-state index >= 15 is 0 Å². The Labute approximate surface area is 171 Å². The van der Waals surface area contributed by atoms with Crippen LogP contribution in [0.5, 0.6) is 5.75 Å². The highest BCUT2D eigenvalue weighted by Crippen LogP contribution is 2.33. The summed E-state index contributed by atoms with van der Waals surface area (Å²) in [6, 6.07) is 14.0. The third-order valence-electron chi connectivity index (χ3n) is 4.36. The van der Waals surface area contributed by atoms with Crippen LogP contribution >= 0.6 is 15.9 Å². The molecule has 1 aliphatic rings. The van der Waals surface area contributed by atoms with Crippen LogP contribution in [0, 0.1) is 5.92 Å². The summed E-state index contributed by atoms with van der Waals surface area (Å²) in [4.78, 5) is 38.5. The summed E-state index contributed by atoms with van der Waals surface area (Å²) >= 11 is 3.30. The van der Waals surface area contributed by atoms with Crippen molar-refractivity contribution in [3.05, 3.63) is 58.6 Å². The highest BCUT2D eigenvalue weighted by molar-refractivity contribution is 9.10. The number of nitrogens with zero attached hydrogens (tertiary/aromatic N) is 1. The Bertz CT molecular complexity index is 885. The average molecular weight is 446 g/mol. The summed E-state index contributed by atoms with van der Waals surface area (Å²) in [6.45, 7) is 2.57. The second-order valence-corrected chi connectivity index (χ2v) is 7.17. The van der Waals surface area contributed by atoms with Gasteiger partial charge in [-0.15, -0.1) is 0 Å². The molecular weight excluding hydrogens is 426 g/mol. The normalized spacial score (nSPS) is 16.0. The summed E-state index contributed by atoms with van der Waals surface area (Å²) < 4.78 is 6.43. The van der Waals surface area contributed by atoms with Gasteiger partial charge in [0, 0.05) is 23.0 Å². The zero-order valence-electron chi connectivity index (χ0n) is 15.3. The molecule has 1 fully saturated rings. The number of hydrazine groups is 1. The first-order valence-corrected chi connectivity index (χ1v) is 9.67. The van der Waals surface area contributed by atoms with Crippen molar-refractivity contribution in [1.29, 1.82) is 0 Å². The smallest absolute Gasteiger partial charge is 0.269 e. The van der Waals surface area contributed by atoms with E-state index < -0.39 is 17.7 Å². The van der Waals surface area contributed by atoms with E-state index in [0.29, 0.717) is 23.6 Å². The third kappa shape index (κ3) is 4.51. The maximum absolute atomic E-state index is 12.4. The van der Waals surface area contributed by atoms with Gasteiger partial charge in [-0.2, -0.15) is 0 Å². The molecule has 0 unspecified atom stereocenters. The number of amides is 3. The first-order valence-electron chi connectivity index (χ1n) is 8.87. The van der Waals surface area contributed by atoms with Crippen molar-refractivity contribution in [2.45, 2.75) is 13.3 Å². The van der Waals surface area contributed by atoms with Gasteiger partial charge in [0.05, 0.1) is 18.2 Å². The van der Waals surface area contributed by atoms with Gasteiger partial charge in [-0.05, 0) is 43.3 Å². The summed E-state index contributed by atoms with van der Waals surface area (Å²) in [7, 11) is 0. The molecule has 0 aromatic heterocycles. The van der Waals surface area contributed by atoms with Crippen LogP contribution in [0.25, 0.3) is 0 Å². The molecule has 1 saturated heterocycles. The molecule has 8 heteroatoms. The predicted octanol–water partition coefficient (Wildman–Crippen LogP) is 2.66. The van der Waals surface area contributed by atoms with Crippen LogP contribution in [0.2, 0.25) is 0 Å². The second-order valence-electron chi connectivity index (χ2n) is 6.26. The van der Waals surface area contributed by atoms with Gasteiger partial charge in [0.1, 0.15) is 5.75 Å². The molecule has 3 rings (SSSR count). The molecule has 1 heterocycles. The molecule has 2 aromatic carbocycles. The van der Waals surface area contributed by atoms with Crippen molar-refractivity contribution in [2.24, 2.45) is 5.92 Å². The highest BCUT2D eigenvalue weighted by Gasteiger charge is 2.36. The predicted molar refractivity (Wildman–Crippen MR) is 108 cm³/mol. The van der Waals surface area contributed by atoms with Gasteiger partial charge in [-0.1, -0.05) is 28.1 Å². The monoisotopic (exact) mass is 445 g/mol. The number of hydrogen-bond donors (Lipinski definition) is 2. The quantitative estimate of drug-likeness (QED) is 0.692. The number of para-hydroxylation sites is 2. The van der Waals surface area contributed by atoms with E-state index in [1.165, 1.54) is 0 Å². The molecule has 0 radical (unpaired) electrons. The number of anilines is 1. The summed E-state index contributed by atoms with van der Waals surface area (Å²) in [6.07, 6.45) is 0.0699. The molecule has 0 saturated carbocycles. The first kappa shape index (κ1) is 19.9. The van der Waals surface area contributed by atoms with Crippen molar-refractivity contribution >= 4 is 39.3 Å². The lowest BCUT2D eigenvalue weighted by Crippen LogP contribution is -2.45. The number of benzene rings is 2. The fraction of sp³-hybridized carbons (Fsp3) is 0.250. The molecule has 0 aliphatic carbocycles. The van der Waals surface area contributed by atoms with E-state index in [4.69, 9.17) is 4.74 Å². The van der Waals surface area contributed by atoms with E-state index in [1.54, 1.807) is 41.3 Å². The van der Waals surface area contributed by atoms with Crippen LogP contribution in [0.4, 0.5) is 5.69 Å². The van der Waals surface area contributed by atoms with Crippen molar-refractivity contribution in [1.82, 2.24) is 10.9 Å². The second kappa shape index (κ2) is 8.88. The number of hydrogen-bond acceptors (Lipinski definition) is 4. The zero-order valence-corrected chi connectivity index (χ0v) is 16.9. The van der Waals surface area contributed by atoms with Crippen molar-refractivity contribution in [3.8, 4) is 5.75 Å². The van der Waals surface area contributed by atoms with Gasteiger partial charge in [0.2, 0.25) is 11.8 Å². The molecule has 2 N–H and O–H groups in total. The number of carbonyl (C=O) groups is 3. The lowest BCUT2D eigenvalue weighted by atomic mass is 10.1. The van der Waals surface area contributed by atoms with Crippen molar-refractivity contribution in [2.75, 3.05) is 18.1 Å². The lowest BCUT2D eigenvalue weighted by Gasteiger charge is -2.20. The van der Waals surface area contributed by atoms with E-state index in [0.717, 1.165) is 4.47 Å². The molecule has 1 atom stereocenters. The Morgan fingerprint density at radius 2 is 1.86 bits per heavy atom. The molecule has 2 aromatic rings. The molecular formula is C20H20BrN3O4. The number of nitrogens with one attached hydrogen (secondary N) is 2. The molecule has 28 heavy (non-hydrogen) atoms. The van der Waals surface area contributed by atoms with E-state index in [1.807, 2.05) is 19.1 Å². The molecule has 0 bridgehead atoms. The SMILES string of the molecule is CCOc1ccccc1N1C[C@H](C(=O)NNC(=O)c2ccc(Br)cc2)CC1=O. The number of carbonyl (C=O) groups excluding carboxylic acids is 3. The van der Waals surface area contributed by atoms with Crippen molar-refractivity contribution in [3.63, 3.8) is 0 Å². The fourth-order valence-electron chi connectivity index (χ4n) is 2.97. The van der Waals surface area contributed by atoms with Crippen LogP contribution in [-0.4, -0.2) is 30.9 Å². The first-order chi connectivity index (χ1) is 13.5. The Morgan fingerprint density at radius 1 is 1.14 bits per heavy atom. The standard InChI is InChI=1S/C20H20BrN3O4/c1-2-28-17-6-4-3-5-16(17)24-12-14(11-18(24)25)20(27)23-22-19(26)13-7-9-15(21)10-8-13/h3-10,14H,2,11-12H2,1H3,(H,22,26)(H,23,27)/t14-/m1/s1. The minimum absolute atomic E-state index is 0.0699. The number of rotatable bonds is 5. The fourth-order valence-corrected chi connectivity index (χ4v) is 3.23. The Kier molecular flexibility index (Phi) is 6.30. The summed E-state index contributed by atoms with van der Waals surface area (Å²) in [5.41, 5.74) is 5.85. The average Bonchev–Trinajstić information content (AvgIpc) is 3.09. The molecule has 1 aliphatic heterocycles. The topological polar surface area (TPSA) is 87.7 Å². The van der Waals surface area contributed by atoms with Gasteiger partial charge in [0.15, 0.2) is 0 Å². The van der Waals surface area contributed by atoms with Crippen LogP contribution < -0.4 is 20.5 Å².